The summed E-state index contributed by atoms with van der Waals surface area (Å²) in [4.78, 5) is 13.9. The highest BCUT2D eigenvalue weighted by molar-refractivity contribution is 9.10. The number of ether oxygens (including phenoxy) is 2. The molecule has 1 fully saturated rings. The number of hydrogen-bond acceptors (Lipinski definition) is 4. The van der Waals surface area contributed by atoms with E-state index in [0.29, 0.717) is 0 Å². The van der Waals surface area contributed by atoms with Crippen molar-refractivity contribution in [1.82, 2.24) is 0 Å². The monoisotopic (exact) mass is 327 g/mol. The Bertz CT molecular complexity index is 466. The Hall–Kier alpha value is -0.910. The van der Waals surface area contributed by atoms with Gasteiger partial charge in [0.05, 0.1) is 0 Å². The van der Waals surface area contributed by atoms with Crippen LogP contribution >= 0.6 is 15.9 Å². The fourth-order valence-corrected chi connectivity index (χ4v) is 2.82. The summed E-state index contributed by atoms with van der Waals surface area (Å²) in [5.41, 5.74) is 1.67. The van der Waals surface area contributed by atoms with Crippen LogP contribution in [0.25, 0.3) is 0 Å². The number of benzene rings is 1. The van der Waals surface area contributed by atoms with Crippen LogP contribution in [0, 0.1) is 0 Å². The van der Waals surface area contributed by atoms with Gasteiger partial charge in [0.1, 0.15) is 12.2 Å². The Labute approximate surface area is 121 Å². The number of Topliss-reactive ketones (excluding diaryl/α,β-unsaturated/α-hetero) is 1. The Morgan fingerprint density at radius 3 is 2.32 bits per heavy atom. The quantitative estimate of drug-likeness (QED) is 0.796. The number of methoxy groups -OCH3 is 2. The zero-order valence-electron chi connectivity index (χ0n) is 11.4. The third-order valence-electron chi connectivity index (χ3n) is 3.50. The van der Waals surface area contributed by atoms with E-state index in [1.165, 1.54) is 0 Å². The van der Waals surface area contributed by atoms with Gasteiger partial charge < -0.3 is 14.4 Å². The first-order valence-corrected chi connectivity index (χ1v) is 6.97. The highest BCUT2D eigenvalue weighted by Gasteiger charge is 2.34. The van der Waals surface area contributed by atoms with Crippen molar-refractivity contribution in [2.45, 2.75) is 19.1 Å². The average Bonchev–Trinajstić information content (AvgIpc) is 2.81. The normalized spacial score (nSPS) is 22.8. The molecular formula is C14H18BrNO3. The van der Waals surface area contributed by atoms with Gasteiger partial charge in [-0.2, -0.15) is 0 Å². The Balaban J connectivity index is 2.30. The molecule has 1 aliphatic rings. The molecule has 1 aromatic rings. The van der Waals surface area contributed by atoms with Crippen molar-refractivity contribution in [2.24, 2.45) is 0 Å². The summed E-state index contributed by atoms with van der Waals surface area (Å²) in [5, 5.41) is 0. The van der Waals surface area contributed by atoms with Crippen LogP contribution in [0.3, 0.4) is 0 Å². The summed E-state index contributed by atoms with van der Waals surface area (Å²) >= 11 is 3.40. The van der Waals surface area contributed by atoms with Crippen LogP contribution in [-0.2, 0) is 9.47 Å². The van der Waals surface area contributed by atoms with Gasteiger partial charge in [-0.1, -0.05) is 15.9 Å². The molecule has 0 aliphatic carbocycles. The molecule has 0 spiro atoms. The SMILES string of the molecule is COC1CN(c2ccc(Br)cc2C(C)=O)CC1OC. The number of ketones is 1. The number of halogens is 1. The van der Waals surface area contributed by atoms with Crippen molar-refractivity contribution in [2.75, 3.05) is 32.2 Å². The van der Waals surface area contributed by atoms with E-state index < -0.39 is 0 Å². The second-order valence-electron chi connectivity index (χ2n) is 4.67. The van der Waals surface area contributed by atoms with Crippen LogP contribution < -0.4 is 4.90 Å². The molecule has 19 heavy (non-hydrogen) atoms. The van der Waals surface area contributed by atoms with Crippen LogP contribution in [0.15, 0.2) is 22.7 Å². The number of nitrogens with zero attached hydrogens (tertiary/aromatic N) is 1. The molecule has 1 aromatic carbocycles. The number of carbonyl (C=O) groups excluding carboxylic acids is 1. The zero-order valence-corrected chi connectivity index (χ0v) is 12.9. The van der Waals surface area contributed by atoms with Crippen LogP contribution in [-0.4, -0.2) is 45.3 Å². The van der Waals surface area contributed by atoms with Gasteiger partial charge in [-0.15, -0.1) is 0 Å². The predicted octanol–water partition coefficient (Wildman–Crippen LogP) is 2.50. The minimum atomic E-state index is 0.0356. The molecule has 4 nitrogen and oxygen atoms in total. The second kappa shape index (κ2) is 6.03. The largest absolute Gasteiger partial charge is 0.377 e. The van der Waals surface area contributed by atoms with Crippen LogP contribution in [0.4, 0.5) is 5.69 Å². The standard InChI is InChI=1S/C14H18BrNO3/c1-9(17)11-6-10(15)4-5-12(11)16-7-13(18-2)14(8-16)19-3/h4-6,13-14H,7-8H2,1-3H3. The lowest BCUT2D eigenvalue weighted by molar-refractivity contribution is -0.00461. The molecular weight excluding hydrogens is 310 g/mol. The van der Waals surface area contributed by atoms with Crippen molar-refractivity contribution in [1.29, 1.82) is 0 Å². The van der Waals surface area contributed by atoms with Gasteiger partial charge in [0.15, 0.2) is 5.78 Å². The van der Waals surface area contributed by atoms with Gasteiger partial charge in [0, 0.05) is 43.0 Å². The highest BCUT2D eigenvalue weighted by atomic mass is 79.9. The first kappa shape index (κ1) is 14.5. The van der Waals surface area contributed by atoms with E-state index in [1.807, 2.05) is 18.2 Å². The van der Waals surface area contributed by atoms with E-state index in [2.05, 4.69) is 20.8 Å². The minimum absolute atomic E-state index is 0.0356. The molecule has 0 radical (unpaired) electrons. The van der Waals surface area contributed by atoms with E-state index in [9.17, 15) is 4.79 Å². The molecule has 0 saturated carbocycles. The van der Waals surface area contributed by atoms with Gasteiger partial charge in [-0.25, -0.2) is 0 Å². The summed E-state index contributed by atoms with van der Waals surface area (Å²) in [7, 11) is 3.38. The van der Waals surface area contributed by atoms with E-state index in [1.54, 1.807) is 21.1 Å². The molecule has 104 valence electrons. The second-order valence-corrected chi connectivity index (χ2v) is 5.59. The zero-order chi connectivity index (χ0) is 14.0. The summed E-state index contributed by atoms with van der Waals surface area (Å²) in [6, 6.07) is 5.77. The molecule has 0 aromatic heterocycles. The van der Waals surface area contributed by atoms with Crippen molar-refractivity contribution in [3.8, 4) is 0 Å². The number of carbonyl (C=O) groups is 1. The maximum absolute atomic E-state index is 11.8. The molecule has 1 heterocycles. The third kappa shape index (κ3) is 2.99. The Morgan fingerprint density at radius 2 is 1.84 bits per heavy atom. The maximum atomic E-state index is 11.8. The number of rotatable bonds is 4. The van der Waals surface area contributed by atoms with Gasteiger partial charge in [-0.3, -0.25) is 4.79 Å². The first-order valence-electron chi connectivity index (χ1n) is 6.17. The molecule has 0 amide bonds. The summed E-state index contributed by atoms with van der Waals surface area (Å²) in [6.07, 6.45) is 0.0712. The number of hydrogen-bond donors (Lipinski definition) is 0. The van der Waals surface area contributed by atoms with E-state index >= 15 is 0 Å². The van der Waals surface area contributed by atoms with Crippen LogP contribution in [0.1, 0.15) is 17.3 Å². The van der Waals surface area contributed by atoms with Gasteiger partial charge >= 0.3 is 0 Å². The maximum Gasteiger partial charge on any atom is 0.161 e. The molecule has 2 atom stereocenters. The van der Waals surface area contributed by atoms with E-state index in [4.69, 9.17) is 9.47 Å². The molecule has 0 N–H and O–H groups in total. The summed E-state index contributed by atoms with van der Waals surface area (Å²) < 4.78 is 11.8. The molecule has 1 saturated heterocycles. The van der Waals surface area contributed by atoms with Gasteiger partial charge in [0.2, 0.25) is 0 Å². The molecule has 2 rings (SSSR count). The molecule has 5 heteroatoms. The van der Waals surface area contributed by atoms with Crippen molar-refractivity contribution in [3.05, 3.63) is 28.2 Å². The smallest absolute Gasteiger partial charge is 0.161 e. The lowest BCUT2D eigenvalue weighted by atomic mass is 10.1. The molecule has 2 unspecified atom stereocenters. The lowest BCUT2D eigenvalue weighted by Gasteiger charge is -2.21. The lowest BCUT2D eigenvalue weighted by Crippen LogP contribution is -2.27. The highest BCUT2D eigenvalue weighted by Crippen LogP contribution is 2.29. The fraction of sp³-hybridized carbons (Fsp3) is 0.500. The summed E-state index contributed by atoms with van der Waals surface area (Å²) in [6.45, 7) is 3.05. The fourth-order valence-electron chi connectivity index (χ4n) is 2.46. The van der Waals surface area contributed by atoms with Gasteiger partial charge in [0.25, 0.3) is 0 Å². The van der Waals surface area contributed by atoms with Crippen molar-refractivity contribution >= 4 is 27.4 Å². The number of anilines is 1. The van der Waals surface area contributed by atoms with Crippen LogP contribution in [0.2, 0.25) is 0 Å². The van der Waals surface area contributed by atoms with E-state index in [0.717, 1.165) is 28.8 Å². The van der Waals surface area contributed by atoms with Crippen LogP contribution in [0.5, 0.6) is 0 Å². The van der Waals surface area contributed by atoms with Crippen molar-refractivity contribution in [3.63, 3.8) is 0 Å². The Morgan fingerprint density at radius 1 is 1.26 bits per heavy atom. The Kier molecular flexibility index (Phi) is 4.60. The topological polar surface area (TPSA) is 38.8 Å². The average molecular weight is 328 g/mol. The van der Waals surface area contributed by atoms with Gasteiger partial charge in [-0.05, 0) is 25.1 Å². The van der Waals surface area contributed by atoms with Crippen molar-refractivity contribution < 1.29 is 14.3 Å². The predicted molar refractivity (Wildman–Crippen MR) is 78.0 cm³/mol. The first-order chi connectivity index (χ1) is 9.06. The molecule has 1 aliphatic heterocycles. The minimum Gasteiger partial charge on any atom is -0.377 e. The summed E-state index contributed by atoms with van der Waals surface area (Å²) in [5.74, 6) is 0.0612. The molecule has 0 bridgehead atoms. The van der Waals surface area contributed by atoms with E-state index in [-0.39, 0.29) is 18.0 Å². The third-order valence-corrected chi connectivity index (χ3v) is 3.99.